The molecule has 3 heterocycles. The average molecular weight is 542 g/mol. The highest BCUT2D eigenvalue weighted by molar-refractivity contribution is 5.63. The minimum Gasteiger partial charge on any atom is -0.255 e. The van der Waals surface area contributed by atoms with E-state index in [1.807, 2.05) is 48.8 Å². The molecule has 0 unspecified atom stereocenters. The van der Waals surface area contributed by atoms with E-state index in [9.17, 15) is 0 Å². The van der Waals surface area contributed by atoms with Crippen LogP contribution in [0.15, 0.2) is 60.9 Å². The minimum atomic E-state index is 0.921. The molecule has 0 saturated heterocycles. The normalized spacial score (nSPS) is 11.2. The zero-order valence-corrected chi connectivity index (χ0v) is 25.5. The van der Waals surface area contributed by atoms with Crippen LogP contribution >= 0.6 is 0 Å². The van der Waals surface area contributed by atoms with Crippen molar-refractivity contribution in [1.82, 2.24) is 15.0 Å². The molecular formula is C37H55N3. The maximum absolute atomic E-state index is 4.88. The predicted molar refractivity (Wildman–Crippen MR) is 172 cm³/mol. The summed E-state index contributed by atoms with van der Waals surface area (Å²) in [5.74, 6) is 0. The van der Waals surface area contributed by atoms with Gasteiger partial charge in [0.1, 0.15) is 0 Å². The van der Waals surface area contributed by atoms with E-state index < -0.39 is 0 Å². The highest BCUT2D eigenvalue weighted by atomic mass is 14.8. The van der Waals surface area contributed by atoms with Gasteiger partial charge < -0.3 is 0 Å². The van der Waals surface area contributed by atoms with Crippen molar-refractivity contribution in [2.24, 2.45) is 0 Å². The summed E-state index contributed by atoms with van der Waals surface area (Å²) in [5.41, 5.74) is 5.05. The summed E-state index contributed by atoms with van der Waals surface area (Å²) < 4.78 is 0. The fourth-order valence-electron chi connectivity index (χ4n) is 5.61. The van der Waals surface area contributed by atoms with Crippen molar-refractivity contribution in [2.45, 2.75) is 142 Å². The van der Waals surface area contributed by atoms with Crippen LogP contribution in [0.5, 0.6) is 0 Å². The highest BCUT2D eigenvalue weighted by Crippen LogP contribution is 2.24. The minimum absolute atomic E-state index is 0.921. The van der Waals surface area contributed by atoms with Crippen molar-refractivity contribution in [2.75, 3.05) is 0 Å². The molecule has 3 nitrogen and oxygen atoms in total. The Balaban J connectivity index is 1.20. The predicted octanol–water partition coefficient (Wildman–Crippen LogP) is 11.6. The molecule has 0 atom stereocenters. The summed E-state index contributed by atoms with van der Waals surface area (Å²) in [7, 11) is 0. The first-order chi connectivity index (χ1) is 19.9. The molecule has 0 bridgehead atoms. The van der Waals surface area contributed by atoms with E-state index in [4.69, 9.17) is 4.98 Å². The number of hydrogen-bond donors (Lipinski definition) is 0. The van der Waals surface area contributed by atoms with Gasteiger partial charge in [0.2, 0.25) is 0 Å². The van der Waals surface area contributed by atoms with E-state index in [2.05, 4.69) is 29.0 Å². The third-order valence-corrected chi connectivity index (χ3v) is 8.06. The smallest absolute Gasteiger partial charge is 0.0897 e. The second-order valence-electron chi connectivity index (χ2n) is 11.6. The molecule has 3 aromatic rings. The quantitative estimate of drug-likeness (QED) is 0.112. The first kappa shape index (κ1) is 32.0. The molecule has 0 aromatic carbocycles. The molecule has 0 aliphatic rings. The van der Waals surface area contributed by atoms with Crippen LogP contribution in [-0.4, -0.2) is 15.0 Å². The Bertz CT molecular complexity index is 945. The van der Waals surface area contributed by atoms with Crippen LogP contribution in [0.2, 0.25) is 0 Å². The molecule has 0 radical (unpaired) electrons. The first-order valence-corrected chi connectivity index (χ1v) is 16.7. The maximum Gasteiger partial charge on any atom is 0.0897 e. The number of unbranched alkanes of at least 4 members (excludes halogenated alkanes) is 19. The number of nitrogens with zero attached hydrogens (tertiary/aromatic N) is 3. The van der Waals surface area contributed by atoms with Crippen LogP contribution in [0.1, 0.15) is 141 Å². The molecule has 3 rings (SSSR count). The summed E-state index contributed by atoms with van der Waals surface area (Å²) in [6.45, 7) is 2.30. The standard InChI is InChI=1S/C37H55N3/c1-2-3-4-5-6-7-8-9-10-11-12-13-14-15-16-17-18-19-20-21-26-33-31-36(34-27-22-24-29-38-34)40-37(32-33)35-28-23-25-30-39-35/h22-25,27-32H,2-21,26H2,1H3. The van der Waals surface area contributed by atoms with Gasteiger partial charge in [0, 0.05) is 12.4 Å². The SMILES string of the molecule is CCCCCCCCCCCCCCCCCCCCCCc1cc(-c2ccccn2)nc(-c2ccccn2)c1. The lowest BCUT2D eigenvalue weighted by molar-refractivity contribution is 0.522. The van der Waals surface area contributed by atoms with E-state index in [1.165, 1.54) is 134 Å². The van der Waals surface area contributed by atoms with E-state index in [0.717, 1.165) is 29.2 Å². The Morgan fingerprint density at radius 3 is 1.15 bits per heavy atom. The van der Waals surface area contributed by atoms with E-state index >= 15 is 0 Å². The summed E-state index contributed by atoms with van der Waals surface area (Å²) in [4.78, 5) is 13.9. The van der Waals surface area contributed by atoms with Crippen molar-refractivity contribution in [1.29, 1.82) is 0 Å². The molecule has 3 heteroatoms. The van der Waals surface area contributed by atoms with E-state index in [0.29, 0.717) is 0 Å². The van der Waals surface area contributed by atoms with Gasteiger partial charge in [0.25, 0.3) is 0 Å². The largest absolute Gasteiger partial charge is 0.255 e. The van der Waals surface area contributed by atoms with Crippen LogP contribution < -0.4 is 0 Å². The Hall–Kier alpha value is -2.55. The molecule has 40 heavy (non-hydrogen) atoms. The van der Waals surface area contributed by atoms with Gasteiger partial charge in [-0.1, -0.05) is 141 Å². The van der Waals surface area contributed by atoms with Crippen molar-refractivity contribution >= 4 is 0 Å². The third kappa shape index (κ3) is 13.7. The lowest BCUT2D eigenvalue weighted by atomic mass is 10.0. The van der Waals surface area contributed by atoms with Crippen molar-refractivity contribution in [3.05, 3.63) is 66.5 Å². The number of aryl methyl sites for hydroxylation is 1. The molecule has 218 valence electrons. The average Bonchev–Trinajstić information content (AvgIpc) is 3.01. The van der Waals surface area contributed by atoms with Gasteiger partial charge in [-0.05, 0) is 54.8 Å². The van der Waals surface area contributed by atoms with Gasteiger partial charge in [-0.3, -0.25) is 9.97 Å². The lowest BCUT2D eigenvalue weighted by Gasteiger charge is -2.09. The Morgan fingerprint density at radius 1 is 0.425 bits per heavy atom. The number of pyridine rings is 3. The van der Waals surface area contributed by atoms with Crippen LogP contribution in [0, 0.1) is 0 Å². The third-order valence-electron chi connectivity index (χ3n) is 8.06. The van der Waals surface area contributed by atoms with Gasteiger partial charge in [-0.15, -0.1) is 0 Å². The van der Waals surface area contributed by atoms with Crippen molar-refractivity contribution < 1.29 is 0 Å². The van der Waals surface area contributed by atoms with Crippen LogP contribution in [0.4, 0.5) is 0 Å². The molecule has 0 aliphatic carbocycles. The zero-order valence-electron chi connectivity index (χ0n) is 25.5. The fraction of sp³-hybridized carbons (Fsp3) is 0.595. The summed E-state index contributed by atoms with van der Waals surface area (Å²) in [5, 5.41) is 0. The Labute approximate surface area is 245 Å². The maximum atomic E-state index is 4.88. The van der Waals surface area contributed by atoms with Crippen LogP contribution in [-0.2, 0) is 6.42 Å². The summed E-state index contributed by atoms with van der Waals surface area (Å²) in [6.07, 6.45) is 33.1. The summed E-state index contributed by atoms with van der Waals surface area (Å²) >= 11 is 0. The van der Waals surface area contributed by atoms with Crippen molar-refractivity contribution in [3.63, 3.8) is 0 Å². The number of rotatable bonds is 23. The van der Waals surface area contributed by atoms with E-state index in [1.54, 1.807) is 0 Å². The molecule has 0 saturated carbocycles. The second-order valence-corrected chi connectivity index (χ2v) is 11.6. The molecule has 3 aromatic heterocycles. The van der Waals surface area contributed by atoms with Crippen molar-refractivity contribution in [3.8, 4) is 22.8 Å². The first-order valence-electron chi connectivity index (χ1n) is 16.7. The van der Waals surface area contributed by atoms with Gasteiger partial charge in [0.15, 0.2) is 0 Å². The number of hydrogen-bond acceptors (Lipinski definition) is 3. The van der Waals surface area contributed by atoms with Gasteiger partial charge >= 0.3 is 0 Å². The van der Waals surface area contributed by atoms with E-state index in [-0.39, 0.29) is 0 Å². The molecule has 0 fully saturated rings. The highest BCUT2D eigenvalue weighted by Gasteiger charge is 2.09. The zero-order chi connectivity index (χ0) is 27.9. The lowest BCUT2D eigenvalue weighted by Crippen LogP contribution is -1.96. The monoisotopic (exact) mass is 541 g/mol. The Morgan fingerprint density at radius 2 is 0.800 bits per heavy atom. The molecule has 0 spiro atoms. The number of aromatic nitrogens is 3. The molecular weight excluding hydrogens is 486 g/mol. The van der Waals surface area contributed by atoms with Gasteiger partial charge in [0.05, 0.1) is 22.8 Å². The van der Waals surface area contributed by atoms with Crippen LogP contribution in [0.25, 0.3) is 22.8 Å². The molecule has 0 amide bonds. The molecule has 0 N–H and O–H groups in total. The van der Waals surface area contributed by atoms with Gasteiger partial charge in [-0.2, -0.15) is 0 Å². The topological polar surface area (TPSA) is 38.7 Å². The van der Waals surface area contributed by atoms with Gasteiger partial charge in [-0.25, -0.2) is 4.98 Å². The molecule has 0 aliphatic heterocycles. The second kappa shape index (κ2) is 21.2. The Kier molecular flexibility index (Phi) is 17.0. The van der Waals surface area contributed by atoms with Crippen LogP contribution in [0.3, 0.4) is 0 Å². The summed E-state index contributed by atoms with van der Waals surface area (Å²) in [6, 6.07) is 16.4. The fourth-order valence-corrected chi connectivity index (χ4v) is 5.61.